The maximum absolute atomic E-state index is 11.6. The van der Waals surface area contributed by atoms with Crippen LogP contribution in [0.25, 0.3) is 0 Å². The summed E-state index contributed by atoms with van der Waals surface area (Å²) < 4.78 is 0. The molecule has 0 heterocycles. The lowest BCUT2D eigenvalue weighted by atomic mass is 10.2. The zero-order chi connectivity index (χ0) is 11.3. The van der Waals surface area contributed by atoms with Crippen molar-refractivity contribution in [3.05, 3.63) is 35.9 Å². The molecule has 0 saturated heterocycles. The van der Waals surface area contributed by atoms with Crippen LogP contribution in [-0.4, -0.2) is 29.7 Å². The maximum Gasteiger partial charge on any atom is 0.267 e. The minimum Gasteiger partial charge on any atom is -0.322 e. The van der Waals surface area contributed by atoms with E-state index in [1.807, 2.05) is 0 Å². The number of amides is 3. The first-order chi connectivity index (χ1) is 7.20. The highest BCUT2D eigenvalue weighted by atomic mass is 16.2. The van der Waals surface area contributed by atoms with Crippen LogP contribution in [0.4, 0.5) is 0 Å². The summed E-state index contributed by atoms with van der Waals surface area (Å²) in [6.45, 7) is -0.378. The highest BCUT2D eigenvalue weighted by Crippen LogP contribution is 2.02. The van der Waals surface area contributed by atoms with Crippen molar-refractivity contribution < 1.29 is 14.4 Å². The second kappa shape index (κ2) is 5.02. The maximum atomic E-state index is 11.6. The van der Waals surface area contributed by atoms with Gasteiger partial charge < -0.3 is 5.73 Å². The number of hydrogen-bond donors (Lipinski definition) is 1. The molecule has 0 bridgehead atoms. The fraction of sp³-hybridized carbons (Fsp3) is 0.100. The zero-order valence-corrected chi connectivity index (χ0v) is 7.92. The number of carbonyl (C=O) groups is 3. The summed E-state index contributed by atoms with van der Waals surface area (Å²) in [5.74, 6) is -1.39. The molecule has 1 rings (SSSR count). The molecule has 0 spiro atoms. The third kappa shape index (κ3) is 2.47. The molecule has 5 heteroatoms. The van der Waals surface area contributed by atoms with Gasteiger partial charge in [-0.05, 0) is 12.1 Å². The number of benzene rings is 1. The Balaban J connectivity index is 2.92. The molecule has 0 saturated carbocycles. The molecule has 5 nitrogen and oxygen atoms in total. The Morgan fingerprint density at radius 1 is 1.27 bits per heavy atom. The van der Waals surface area contributed by atoms with Crippen LogP contribution in [0.3, 0.4) is 0 Å². The average Bonchev–Trinajstić information content (AvgIpc) is 2.30. The lowest BCUT2D eigenvalue weighted by Crippen LogP contribution is -2.39. The van der Waals surface area contributed by atoms with Gasteiger partial charge >= 0.3 is 0 Å². The first-order valence-electron chi connectivity index (χ1n) is 4.27. The van der Waals surface area contributed by atoms with E-state index < -0.39 is 11.8 Å². The molecule has 0 aromatic heterocycles. The third-order valence-corrected chi connectivity index (χ3v) is 1.79. The van der Waals surface area contributed by atoms with Crippen molar-refractivity contribution in [3.63, 3.8) is 0 Å². The first kappa shape index (κ1) is 11.1. The van der Waals surface area contributed by atoms with Crippen molar-refractivity contribution >= 4 is 18.2 Å². The predicted octanol–water partition coefficient (Wildman–Crippen LogP) is -0.230. The summed E-state index contributed by atoms with van der Waals surface area (Å²) in [5, 5.41) is 0. The monoisotopic (exact) mass is 206 g/mol. The zero-order valence-electron chi connectivity index (χ0n) is 7.92. The second-order valence-electron chi connectivity index (χ2n) is 2.74. The fourth-order valence-corrected chi connectivity index (χ4v) is 1.04. The van der Waals surface area contributed by atoms with Crippen LogP contribution in [0.1, 0.15) is 10.4 Å². The van der Waals surface area contributed by atoms with E-state index in [9.17, 15) is 14.4 Å². The third-order valence-electron chi connectivity index (χ3n) is 1.79. The molecule has 0 aliphatic rings. The van der Waals surface area contributed by atoms with E-state index in [2.05, 4.69) is 0 Å². The Morgan fingerprint density at radius 3 is 2.33 bits per heavy atom. The molecule has 1 aromatic rings. The van der Waals surface area contributed by atoms with Gasteiger partial charge in [0.05, 0.1) is 6.54 Å². The number of hydrogen-bond acceptors (Lipinski definition) is 4. The van der Waals surface area contributed by atoms with E-state index in [1.54, 1.807) is 18.2 Å². The lowest BCUT2D eigenvalue weighted by molar-refractivity contribution is -0.133. The Labute approximate surface area is 86.5 Å². The number of nitrogens with zero attached hydrogens (tertiary/aromatic N) is 1. The van der Waals surface area contributed by atoms with Gasteiger partial charge in [-0.25, -0.2) is 4.90 Å². The van der Waals surface area contributed by atoms with Crippen LogP contribution in [-0.2, 0) is 9.59 Å². The molecule has 78 valence electrons. The van der Waals surface area contributed by atoms with Crippen LogP contribution < -0.4 is 5.73 Å². The molecule has 0 radical (unpaired) electrons. The summed E-state index contributed by atoms with van der Waals surface area (Å²) >= 11 is 0. The number of nitrogens with two attached hydrogens (primary N) is 1. The Morgan fingerprint density at radius 2 is 1.87 bits per heavy atom. The summed E-state index contributed by atoms with van der Waals surface area (Å²) in [6, 6.07) is 8.05. The van der Waals surface area contributed by atoms with Gasteiger partial charge in [0.1, 0.15) is 0 Å². The fourth-order valence-electron chi connectivity index (χ4n) is 1.04. The van der Waals surface area contributed by atoms with Crippen molar-refractivity contribution in [2.45, 2.75) is 0 Å². The molecular formula is C10H10N2O3. The Bertz CT molecular complexity index is 376. The SMILES string of the molecule is NCC(=O)N(C=O)C(=O)c1ccccc1. The highest BCUT2D eigenvalue weighted by Gasteiger charge is 2.20. The van der Waals surface area contributed by atoms with Crippen LogP contribution in [0, 0.1) is 0 Å². The predicted molar refractivity (Wildman–Crippen MR) is 52.7 cm³/mol. The molecule has 0 fully saturated rings. The Hall–Kier alpha value is -2.01. The normalized spacial score (nSPS) is 9.40. The van der Waals surface area contributed by atoms with E-state index in [-0.39, 0.29) is 18.5 Å². The van der Waals surface area contributed by atoms with Crippen LogP contribution >= 0.6 is 0 Å². The topological polar surface area (TPSA) is 80.5 Å². The van der Waals surface area contributed by atoms with Gasteiger partial charge in [-0.1, -0.05) is 18.2 Å². The smallest absolute Gasteiger partial charge is 0.267 e. The molecule has 0 aliphatic carbocycles. The summed E-state index contributed by atoms with van der Waals surface area (Å²) in [5.41, 5.74) is 5.33. The largest absolute Gasteiger partial charge is 0.322 e. The second-order valence-corrected chi connectivity index (χ2v) is 2.74. The van der Waals surface area contributed by atoms with Crippen molar-refractivity contribution in [3.8, 4) is 0 Å². The number of rotatable bonds is 3. The lowest BCUT2D eigenvalue weighted by Gasteiger charge is -2.11. The Kier molecular flexibility index (Phi) is 3.70. The van der Waals surface area contributed by atoms with Crippen LogP contribution in [0.2, 0.25) is 0 Å². The molecule has 15 heavy (non-hydrogen) atoms. The first-order valence-corrected chi connectivity index (χ1v) is 4.27. The van der Waals surface area contributed by atoms with Gasteiger partial charge in [-0.15, -0.1) is 0 Å². The standard InChI is InChI=1S/C10H10N2O3/c11-6-9(14)12(7-13)10(15)8-4-2-1-3-5-8/h1-5,7H,6,11H2. The van der Waals surface area contributed by atoms with E-state index in [1.165, 1.54) is 12.1 Å². The van der Waals surface area contributed by atoms with Gasteiger partial charge in [0.25, 0.3) is 5.91 Å². The van der Waals surface area contributed by atoms with Crippen molar-refractivity contribution in [2.75, 3.05) is 6.54 Å². The van der Waals surface area contributed by atoms with Crippen molar-refractivity contribution in [1.82, 2.24) is 4.90 Å². The molecule has 0 atom stereocenters. The van der Waals surface area contributed by atoms with Gasteiger partial charge in [0.2, 0.25) is 12.3 Å². The summed E-state index contributed by atoms with van der Waals surface area (Å²) in [4.78, 5) is 33.7. The number of carbonyl (C=O) groups excluding carboxylic acids is 3. The van der Waals surface area contributed by atoms with E-state index in [0.29, 0.717) is 4.90 Å². The molecule has 0 unspecified atom stereocenters. The molecule has 0 aliphatic heterocycles. The van der Waals surface area contributed by atoms with E-state index in [0.717, 1.165) is 0 Å². The summed E-state index contributed by atoms with van der Waals surface area (Å²) in [6.07, 6.45) is 0.171. The van der Waals surface area contributed by atoms with Crippen molar-refractivity contribution in [1.29, 1.82) is 0 Å². The van der Waals surface area contributed by atoms with Gasteiger partial charge in [0, 0.05) is 5.56 Å². The molecule has 3 amide bonds. The van der Waals surface area contributed by atoms with E-state index in [4.69, 9.17) is 5.73 Å². The summed E-state index contributed by atoms with van der Waals surface area (Å²) in [7, 11) is 0. The van der Waals surface area contributed by atoms with Crippen molar-refractivity contribution in [2.24, 2.45) is 5.73 Å². The van der Waals surface area contributed by atoms with Gasteiger partial charge in [-0.3, -0.25) is 14.4 Å². The van der Waals surface area contributed by atoms with Gasteiger partial charge in [0.15, 0.2) is 0 Å². The quantitative estimate of drug-likeness (QED) is 0.693. The molecular weight excluding hydrogens is 196 g/mol. The van der Waals surface area contributed by atoms with E-state index >= 15 is 0 Å². The highest BCUT2D eigenvalue weighted by molar-refractivity contribution is 6.12. The minimum atomic E-state index is -0.723. The molecule has 2 N–H and O–H groups in total. The van der Waals surface area contributed by atoms with Gasteiger partial charge in [-0.2, -0.15) is 0 Å². The van der Waals surface area contributed by atoms with Crippen LogP contribution in [0.5, 0.6) is 0 Å². The minimum absolute atomic E-state index is 0.171. The number of imide groups is 3. The van der Waals surface area contributed by atoms with Crippen LogP contribution in [0.15, 0.2) is 30.3 Å². The average molecular weight is 206 g/mol. The molecule has 1 aromatic carbocycles.